The molecule has 0 aliphatic carbocycles. The molecule has 4 nitrogen and oxygen atoms in total. The Morgan fingerprint density at radius 3 is 2.52 bits per heavy atom. The second-order valence-corrected chi connectivity index (χ2v) is 5.26. The third-order valence-corrected chi connectivity index (χ3v) is 3.47. The third kappa shape index (κ3) is 2.34. The maximum absolute atomic E-state index is 12.9. The third-order valence-electron chi connectivity index (χ3n) is 3.47. The van der Waals surface area contributed by atoms with Crippen LogP contribution in [0.15, 0.2) is 53.3 Å². The zero-order valence-corrected chi connectivity index (χ0v) is 12.1. The second kappa shape index (κ2) is 5.14. The Balaban J connectivity index is 2.43. The Hall–Kier alpha value is -2.46. The molecule has 0 radical (unpaired) electrons. The zero-order valence-electron chi connectivity index (χ0n) is 12.1. The number of benzene rings is 2. The highest BCUT2D eigenvalue weighted by atomic mass is 16.1. The highest BCUT2D eigenvalue weighted by Crippen LogP contribution is 2.17. The second-order valence-electron chi connectivity index (χ2n) is 5.26. The molecule has 1 aromatic heterocycles. The molecule has 1 heterocycles. The van der Waals surface area contributed by atoms with Gasteiger partial charge in [0, 0.05) is 0 Å². The smallest absolute Gasteiger partial charge is 0.266 e. The van der Waals surface area contributed by atoms with Gasteiger partial charge in [-0.05, 0) is 38.1 Å². The van der Waals surface area contributed by atoms with Gasteiger partial charge in [-0.15, -0.1) is 0 Å². The van der Waals surface area contributed by atoms with Crippen LogP contribution in [0.25, 0.3) is 16.6 Å². The van der Waals surface area contributed by atoms with Crippen molar-refractivity contribution in [1.29, 1.82) is 0 Å². The van der Waals surface area contributed by atoms with Crippen LogP contribution in [0.2, 0.25) is 0 Å². The van der Waals surface area contributed by atoms with E-state index in [1.165, 1.54) is 0 Å². The normalized spacial score (nSPS) is 12.5. The molecule has 21 heavy (non-hydrogen) atoms. The molecule has 3 rings (SSSR count). The Bertz CT molecular complexity index is 851. The molecule has 0 saturated heterocycles. The van der Waals surface area contributed by atoms with Gasteiger partial charge in [-0.25, -0.2) is 4.98 Å². The van der Waals surface area contributed by atoms with Gasteiger partial charge in [0.2, 0.25) is 0 Å². The average molecular weight is 279 g/mol. The largest absolute Gasteiger partial charge is 0.322 e. The van der Waals surface area contributed by atoms with Gasteiger partial charge in [-0.3, -0.25) is 9.36 Å². The molecule has 0 saturated carbocycles. The molecule has 0 bridgehead atoms. The molecule has 4 heteroatoms. The first-order valence-corrected chi connectivity index (χ1v) is 6.92. The van der Waals surface area contributed by atoms with Gasteiger partial charge < -0.3 is 5.73 Å². The minimum Gasteiger partial charge on any atom is -0.322 e. The van der Waals surface area contributed by atoms with Crippen molar-refractivity contribution in [3.8, 4) is 5.69 Å². The summed E-state index contributed by atoms with van der Waals surface area (Å²) in [6.07, 6.45) is 0. The number of para-hydroxylation sites is 1. The van der Waals surface area contributed by atoms with Gasteiger partial charge in [-0.1, -0.05) is 29.8 Å². The predicted molar refractivity (Wildman–Crippen MR) is 84.7 cm³/mol. The van der Waals surface area contributed by atoms with Gasteiger partial charge in [0.1, 0.15) is 5.82 Å². The number of nitrogens with zero attached hydrogens (tertiary/aromatic N) is 2. The van der Waals surface area contributed by atoms with Crippen LogP contribution in [0.3, 0.4) is 0 Å². The summed E-state index contributed by atoms with van der Waals surface area (Å²) >= 11 is 0. The van der Waals surface area contributed by atoms with Crippen molar-refractivity contribution < 1.29 is 0 Å². The first-order chi connectivity index (χ1) is 10.1. The van der Waals surface area contributed by atoms with Crippen LogP contribution in [0, 0.1) is 6.92 Å². The van der Waals surface area contributed by atoms with Crippen LogP contribution in [0.4, 0.5) is 0 Å². The van der Waals surface area contributed by atoms with Crippen LogP contribution in [-0.2, 0) is 0 Å². The summed E-state index contributed by atoms with van der Waals surface area (Å²) < 4.78 is 1.60. The SMILES string of the molecule is Cc1ccc2nc(C(C)N)n(-c3ccccc3)c(=O)c2c1. The molecule has 0 amide bonds. The summed E-state index contributed by atoms with van der Waals surface area (Å²) in [5, 5.41) is 0.614. The zero-order chi connectivity index (χ0) is 15.0. The molecule has 2 aromatic carbocycles. The number of nitrogens with two attached hydrogens (primary N) is 1. The maximum atomic E-state index is 12.9. The van der Waals surface area contributed by atoms with E-state index in [-0.39, 0.29) is 11.6 Å². The lowest BCUT2D eigenvalue weighted by Gasteiger charge is -2.16. The Labute approximate surface area is 122 Å². The minimum absolute atomic E-state index is 0.0813. The number of aromatic nitrogens is 2. The molecule has 0 aliphatic heterocycles. The first-order valence-electron chi connectivity index (χ1n) is 6.92. The van der Waals surface area contributed by atoms with Crippen molar-refractivity contribution in [3.05, 3.63) is 70.3 Å². The summed E-state index contributed by atoms with van der Waals surface area (Å²) in [5.74, 6) is 0.572. The molecule has 2 N–H and O–H groups in total. The molecule has 1 atom stereocenters. The number of aryl methyl sites for hydroxylation is 1. The topological polar surface area (TPSA) is 60.9 Å². The summed E-state index contributed by atoms with van der Waals surface area (Å²) in [7, 11) is 0. The molecule has 3 aromatic rings. The van der Waals surface area contributed by atoms with E-state index in [0.29, 0.717) is 16.7 Å². The van der Waals surface area contributed by atoms with Gasteiger partial charge in [-0.2, -0.15) is 0 Å². The van der Waals surface area contributed by atoms with Crippen LogP contribution in [0.5, 0.6) is 0 Å². The van der Waals surface area contributed by atoms with E-state index in [1.54, 1.807) is 4.57 Å². The molecular formula is C17H17N3O. The highest BCUT2D eigenvalue weighted by molar-refractivity contribution is 5.78. The standard InChI is InChI=1S/C17H17N3O/c1-11-8-9-15-14(10-11)17(21)20(16(19-15)12(2)18)13-6-4-3-5-7-13/h3-10,12H,18H2,1-2H3. The summed E-state index contributed by atoms with van der Waals surface area (Å²) in [4.78, 5) is 17.5. The summed E-state index contributed by atoms with van der Waals surface area (Å²) in [6.45, 7) is 3.80. The van der Waals surface area contributed by atoms with Crippen molar-refractivity contribution in [2.24, 2.45) is 5.73 Å². The van der Waals surface area contributed by atoms with Crippen molar-refractivity contribution >= 4 is 10.9 Å². The van der Waals surface area contributed by atoms with E-state index in [1.807, 2.05) is 62.4 Å². The van der Waals surface area contributed by atoms with Crippen molar-refractivity contribution in [2.75, 3.05) is 0 Å². The minimum atomic E-state index is -0.330. The Morgan fingerprint density at radius 2 is 1.86 bits per heavy atom. The molecular weight excluding hydrogens is 262 g/mol. The fourth-order valence-corrected chi connectivity index (χ4v) is 2.45. The van der Waals surface area contributed by atoms with E-state index in [2.05, 4.69) is 4.98 Å². The van der Waals surface area contributed by atoms with Crippen molar-refractivity contribution in [1.82, 2.24) is 9.55 Å². The van der Waals surface area contributed by atoms with Crippen molar-refractivity contribution in [2.45, 2.75) is 19.9 Å². The highest BCUT2D eigenvalue weighted by Gasteiger charge is 2.15. The fourth-order valence-electron chi connectivity index (χ4n) is 2.45. The van der Waals surface area contributed by atoms with E-state index in [4.69, 9.17) is 5.73 Å². The van der Waals surface area contributed by atoms with E-state index in [0.717, 1.165) is 11.3 Å². The Kier molecular flexibility index (Phi) is 3.31. The van der Waals surface area contributed by atoms with E-state index < -0.39 is 0 Å². The average Bonchev–Trinajstić information content (AvgIpc) is 2.48. The van der Waals surface area contributed by atoms with E-state index >= 15 is 0 Å². The lowest BCUT2D eigenvalue weighted by atomic mass is 10.1. The maximum Gasteiger partial charge on any atom is 0.266 e. The van der Waals surface area contributed by atoms with Crippen LogP contribution in [-0.4, -0.2) is 9.55 Å². The first kappa shape index (κ1) is 13.5. The van der Waals surface area contributed by atoms with Gasteiger partial charge in [0.15, 0.2) is 0 Å². The van der Waals surface area contributed by atoms with Crippen LogP contribution < -0.4 is 11.3 Å². The number of hydrogen-bond donors (Lipinski definition) is 1. The number of rotatable bonds is 2. The van der Waals surface area contributed by atoms with E-state index in [9.17, 15) is 4.79 Å². The van der Waals surface area contributed by atoms with Crippen LogP contribution in [0.1, 0.15) is 24.4 Å². The van der Waals surface area contributed by atoms with Crippen molar-refractivity contribution in [3.63, 3.8) is 0 Å². The van der Waals surface area contributed by atoms with Gasteiger partial charge in [0.25, 0.3) is 5.56 Å². The molecule has 0 spiro atoms. The Morgan fingerprint density at radius 1 is 1.14 bits per heavy atom. The molecule has 1 unspecified atom stereocenters. The number of fused-ring (bicyclic) bond motifs is 1. The quantitative estimate of drug-likeness (QED) is 0.784. The lowest BCUT2D eigenvalue weighted by molar-refractivity contribution is 0.696. The molecule has 106 valence electrons. The molecule has 0 fully saturated rings. The summed E-state index contributed by atoms with van der Waals surface area (Å²) in [6, 6.07) is 14.8. The summed E-state index contributed by atoms with van der Waals surface area (Å²) in [5.41, 5.74) is 8.44. The van der Waals surface area contributed by atoms with Crippen LogP contribution >= 0.6 is 0 Å². The molecule has 0 aliphatic rings. The number of hydrogen-bond acceptors (Lipinski definition) is 3. The van der Waals surface area contributed by atoms with Gasteiger partial charge in [0.05, 0.1) is 22.6 Å². The van der Waals surface area contributed by atoms with Gasteiger partial charge >= 0.3 is 0 Å². The monoisotopic (exact) mass is 279 g/mol. The predicted octanol–water partition coefficient (Wildman–Crippen LogP) is 2.71. The lowest BCUT2D eigenvalue weighted by Crippen LogP contribution is -2.27. The fraction of sp³-hybridized carbons (Fsp3) is 0.176.